The molecule has 1 aromatic rings. The average molecular weight is 505 g/mol. The fraction of sp³-hybridized carbons (Fsp3) is 0.579. The first-order valence-electron chi connectivity index (χ1n) is 9.50. The molecule has 0 aromatic heterocycles. The monoisotopic (exact) mass is 505 g/mol. The summed E-state index contributed by atoms with van der Waals surface area (Å²) in [6.07, 6.45) is 2.24. The van der Waals surface area contributed by atoms with Crippen LogP contribution in [0.25, 0.3) is 0 Å². The molecule has 1 aromatic carbocycles. The van der Waals surface area contributed by atoms with Crippen molar-refractivity contribution >= 4 is 35.8 Å². The Labute approximate surface area is 182 Å². The van der Waals surface area contributed by atoms with Gasteiger partial charge in [0.1, 0.15) is 0 Å². The molecule has 7 nitrogen and oxygen atoms in total. The molecule has 28 heavy (non-hydrogen) atoms. The van der Waals surface area contributed by atoms with Gasteiger partial charge in [0, 0.05) is 52.9 Å². The van der Waals surface area contributed by atoms with Crippen molar-refractivity contribution in [1.82, 2.24) is 20.0 Å². The molecule has 2 fully saturated rings. The van der Waals surface area contributed by atoms with E-state index in [4.69, 9.17) is 0 Å². The molecular weight excluding hydrogens is 476 g/mol. The van der Waals surface area contributed by atoms with E-state index < -0.39 is 5.82 Å². The number of carbonyl (C=O) groups is 1. The molecule has 0 radical (unpaired) electrons. The summed E-state index contributed by atoms with van der Waals surface area (Å²) in [4.78, 5) is 22.9. The third-order valence-electron chi connectivity index (χ3n) is 5.16. The zero-order valence-corrected chi connectivity index (χ0v) is 18.6. The normalized spacial score (nSPS) is 18.1. The van der Waals surface area contributed by atoms with E-state index in [2.05, 4.69) is 20.1 Å². The van der Waals surface area contributed by atoms with Crippen LogP contribution in [0.1, 0.15) is 18.4 Å². The number of rotatable bonds is 4. The number of nitrogens with one attached hydrogen (secondary N) is 1. The maximum atomic E-state index is 13.4. The number of likely N-dealkylation sites (tertiary alicyclic amines) is 1. The van der Waals surface area contributed by atoms with Crippen molar-refractivity contribution in [3.63, 3.8) is 0 Å². The summed E-state index contributed by atoms with van der Waals surface area (Å²) in [5, 5.41) is 12.5. The fourth-order valence-corrected chi connectivity index (χ4v) is 3.55. The van der Waals surface area contributed by atoms with Crippen LogP contribution in [0.4, 0.5) is 4.39 Å². The third kappa shape index (κ3) is 5.94. The Hall–Kier alpha value is -1.62. The minimum Gasteiger partial charge on any atom is -0.505 e. The van der Waals surface area contributed by atoms with E-state index >= 15 is 0 Å². The summed E-state index contributed by atoms with van der Waals surface area (Å²) in [5.74, 6) is 0.0233. The number of halogens is 2. The van der Waals surface area contributed by atoms with Gasteiger partial charge in [-0.1, -0.05) is 6.07 Å². The number of phenolic OH excluding ortho intramolecular Hbond substituents is 1. The van der Waals surface area contributed by atoms with Gasteiger partial charge in [-0.15, -0.1) is 24.0 Å². The van der Waals surface area contributed by atoms with Crippen LogP contribution in [0, 0.1) is 5.82 Å². The molecule has 9 heteroatoms. The van der Waals surface area contributed by atoms with Gasteiger partial charge < -0.3 is 20.2 Å². The number of aromatic hydroxyl groups is 1. The quantitative estimate of drug-likeness (QED) is 0.369. The SMILES string of the molecule is CN=C(NCc1ccc(O)c(F)c1)N1CCN(CC(=O)N2CCCC2)CC1.I. The number of amides is 1. The first kappa shape index (κ1) is 22.7. The highest BCUT2D eigenvalue weighted by molar-refractivity contribution is 14.0. The summed E-state index contributed by atoms with van der Waals surface area (Å²) < 4.78 is 13.4. The lowest BCUT2D eigenvalue weighted by Gasteiger charge is -2.36. The van der Waals surface area contributed by atoms with Crippen molar-refractivity contribution in [3.05, 3.63) is 29.6 Å². The molecular formula is C19H29FIN5O2. The molecule has 0 unspecified atom stereocenters. The minimum absolute atomic E-state index is 0. The van der Waals surface area contributed by atoms with E-state index in [0.717, 1.165) is 63.6 Å². The highest BCUT2D eigenvalue weighted by atomic mass is 127. The van der Waals surface area contributed by atoms with E-state index in [0.29, 0.717) is 13.1 Å². The van der Waals surface area contributed by atoms with Gasteiger partial charge in [0.05, 0.1) is 6.54 Å². The Morgan fingerprint density at radius 1 is 1.14 bits per heavy atom. The molecule has 0 spiro atoms. The van der Waals surface area contributed by atoms with Crippen molar-refractivity contribution in [3.8, 4) is 5.75 Å². The number of carbonyl (C=O) groups excluding carboxylic acids is 1. The smallest absolute Gasteiger partial charge is 0.236 e. The highest BCUT2D eigenvalue weighted by Crippen LogP contribution is 2.16. The number of phenols is 1. The minimum atomic E-state index is -0.624. The van der Waals surface area contributed by atoms with E-state index in [9.17, 15) is 14.3 Å². The maximum absolute atomic E-state index is 13.4. The van der Waals surface area contributed by atoms with Gasteiger partial charge in [0.15, 0.2) is 17.5 Å². The Morgan fingerprint density at radius 3 is 2.43 bits per heavy atom. The topological polar surface area (TPSA) is 71.4 Å². The van der Waals surface area contributed by atoms with Gasteiger partial charge in [-0.05, 0) is 30.5 Å². The van der Waals surface area contributed by atoms with Crippen LogP contribution in [0.2, 0.25) is 0 Å². The average Bonchev–Trinajstić information content (AvgIpc) is 3.21. The van der Waals surface area contributed by atoms with Gasteiger partial charge in [0.2, 0.25) is 5.91 Å². The second-order valence-electron chi connectivity index (χ2n) is 7.04. The van der Waals surface area contributed by atoms with E-state index in [1.807, 2.05) is 4.90 Å². The van der Waals surface area contributed by atoms with Crippen LogP contribution in [0.5, 0.6) is 5.75 Å². The first-order valence-corrected chi connectivity index (χ1v) is 9.50. The van der Waals surface area contributed by atoms with Crippen LogP contribution < -0.4 is 5.32 Å². The molecule has 0 saturated carbocycles. The number of hydrogen-bond acceptors (Lipinski definition) is 4. The molecule has 1 amide bonds. The molecule has 0 atom stereocenters. The number of guanidine groups is 1. The zero-order chi connectivity index (χ0) is 19.2. The second kappa shape index (κ2) is 10.8. The lowest BCUT2D eigenvalue weighted by molar-refractivity contribution is -0.131. The first-order chi connectivity index (χ1) is 13.1. The van der Waals surface area contributed by atoms with Crippen molar-refractivity contribution < 1.29 is 14.3 Å². The van der Waals surface area contributed by atoms with Gasteiger partial charge >= 0.3 is 0 Å². The summed E-state index contributed by atoms with van der Waals surface area (Å²) in [7, 11) is 1.73. The van der Waals surface area contributed by atoms with Crippen LogP contribution in [0.3, 0.4) is 0 Å². The van der Waals surface area contributed by atoms with E-state index in [1.54, 1.807) is 13.1 Å². The van der Waals surface area contributed by atoms with Crippen molar-refractivity contribution in [2.45, 2.75) is 19.4 Å². The Kier molecular flexibility index (Phi) is 8.74. The summed E-state index contributed by atoms with van der Waals surface area (Å²) in [5.41, 5.74) is 0.737. The molecule has 0 aliphatic carbocycles. The summed E-state index contributed by atoms with van der Waals surface area (Å²) in [6.45, 7) is 5.92. The van der Waals surface area contributed by atoms with Gasteiger partial charge in [-0.3, -0.25) is 14.7 Å². The molecule has 2 aliphatic heterocycles. The molecule has 3 rings (SSSR count). The zero-order valence-electron chi connectivity index (χ0n) is 16.2. The van der Waals surface area contributed by atoms with Crippen molar-refractivity contribution in [1.29, 1.82) is 0 Å². The standard InChI is InChI=1S/C19H28FN5O2.HI/c1-21-19(22-13-15-4-5-17(26)16(20)12-15)25-10-8-23(9-11-25)14-18(27)24-6-2-3-7-24;/h4-5,12,26H,2-3,6-11,13-14H2,1H3,(H,21,22);1H. The van der Waals surface area contributed by atoms with Gasteiger partial charge in [0.25, 0.3) is 0 Å². The lowest BCUT2D eigenvalue weighted by atomic mass is 10.2. The predicted molar refractivity (Wildman–Crippen MR) is 118 cm³/mol. The van der Waals surface area contributed by atoms with Crippen LogP contribution in [0.15, 0.2) is 23.2 Å². The molecule has 2 N–H and O–H groups in total. The maximum Gasteiger partial charge on any atom is 0.236 e. The summed E-state index contributed by atoms with van der Waals surface area (Å²) in [6, 6.07) is 4.35. The number of hydrogen-bond donors (Lipinski definition) is 2. The Morgan fingerprint density at radius 2 is 1.82 bits per heavy atom. The number of aliphatic imine (C=N–C) groups is 1. The molecule has 2 heterocycles. The Bertz CT molecular complexity index is 689. The largest absolute Gasteiger partial charge is 0.505 e. The number of nitrogens with zero attached hydrogens (tertiary/aromatic N) is 4. The molecule has 2 aliphatic rings. The second-order valence-corrected chi connectivity index (χ2v) is 7.04. The van der Waals surface area contributed by atoms with Crippen LogP contribution >= 0.6 is 24.0 Å². The van der Waals surface area contributed by atoms with Crippen LogP contribution in [-0.4, -0.2) is 84.5 Å². The van der Waals surface area contributed by atoms with E-state index in [-0.39, 0.29) is 35.6 Å². The molecule has 2 saturated heterocycles. The number of benzene rings is 1. The number of piperazine rings is 1. The van der Waals surface area contributed by atoms with Crippen molar-refractivity contribution in [2.75, 3.05) is 52.9 Å². The van der Waals surface area contributed by atoms with E-state index in [1.165, 1.54) is 12.1 Å². The molecule has 0 bridgehead atoms. The lowest BCUT2D eigenvalue weighted by Crippen LogP contribution is -2.54. The Balaban J connectivity index is 0.00000280. The fourth-order valence-electron chi connectivity index (χ4n) is 3.55. The highest BCUT2D eigenvalue weighted by Gasteiger charge is 2.24. The van der Waals surface area contributed by atoms with Crippen LogP contribution in [-0.2, 0) is 11.3 Å². The predicted octanol–water partition coefficient (Wildman–Crippen LogP) is 1.46. The molecule has 156 valence electrons. The van der Waals surface area contributed by atoms with Crippen molar-refractivity contribution in [2.24, 2.45) is 4.99 Å². The third-order valence-corrected chi connectivity index (χ3v) is 5.16. The van der Waals surface area contributed by atoms with Gasteiger partial charge in [-0.25, -0.2) is 4.39 Å². The summed E-state index contributed by atoms with van der Waals surface area (Å²) >= 11 is 0. The van der Waals surface area contributed by atoms with Gasteiger partial charge in [-0.2, -0.15) is 0 Å².